The number of benzene rings is 1. The highest BCUT2D eigenvalue weighted by molar-refractivity contribution is 8.02. The van der Waals surface area contributed by atoms with Crippen molar-refractivity contribution in [2.45, 2.75) is 13.0 Å². The highest BCUT2D eigenvalue weighted by atomic mass is 32.2. The lowest BCUT2D eigenvalue weighted by molar-refractivity contribution is 0.116. The molecule has 3 aromatic heterocycles. The largest absolute Gasteiger partial charge is 0.415 e. The second-order valence-corrected chi connectivity index (χ2v) is 7.68. The van der Waals surface area contributed by atoms with E-state index in [-0.39, 0.29) is 18.1 Å². The van der Waals surface area contributed by atoms with Gasteiger partial charge in [0.15, 0.2) is 0 Å². The van der Waals surface area contributed by atoms with Crippen LogP contribution in [0.15, 0.2) is 69.4 Å². The summed E-state index contributed by atoms with van der Waals surface area (Å²) in [5.41, 5.74) is 3.35. The molecule has 0 amide bonds. The molecule has 0 aliphatic carbocycles. The Kier molecular flexibility index (Phi) is 4.99. The van der Waals surface area contributed by atoms with Gasteiger partial charge < -0.3 is 4.42 Å². The van der Waals surface area contributed by atoms with Gasteiger partial charge in [-0.15, -0.1) is 22.0 Å². The molecule has 1 aromatic carbocycles. The van der Waals surface area contributed by atoms with E-state index in [1.165, 1.54) is 6.20 Å². The van der Waals surface area contributed by atoms with Crippen molar-refractivity contribution in [2.24, 2.45) is 0 Å². The predicted octanol–water partition coefficient (Wildman–Crippen LogP) is 4.34. The van der Waals surface area contributed by atoms with Crippen LogP contribution in [0.25, 0.3) is 28.2 Å². The van der Waals surface area contributed by atoms with Crippen LogP contribution in [0.2, 0.25) is 0 Å². The van der Waals surface area contributed by atoms with Gasteiger partial charge in [-0.05, 0) is 41.8 Å². The van der Waals surface area contributed by atoms with Crippen molar-refractivity contribution in [2.75, 3.05) is 5.75 Å². The normalized spacial score (nSPS) is 13.8. The quantitative estimate of drug-likeness (QED) is 0.461. The maximum absolute atomic E-state index is 13.3. The molecule has 5 rings (SSSR count). The summed E-state index contributed by atoms with van der Waals surface area (Å²) in [5.74, 6) is 0.0453. The summed E-state index contributed by atoms with van der Waals surface area (Å²) in [7, 11) is 0. The van der Waals surface area contributed by atoms with E-state index in [0.717, 1.165) is 22.5 Å². The summed E-state index contributed by atoms with van der Waals surface area (Å²) >= 11 is 1.67. The number of hydrogen-bond donors (Lipinski definition) is 0. The van der Waals surface area contributed by atoms with E-state index in [9.17, 15) is 13.6 Å². The Hall–Kier alpha value is -3.53. The average Bonchev–Trinajstić information content (AvgIpc) is 3.39. The number of nitrogens with zero attached hydrogens (tertiary/aromatic N) is 5. The van der Waals surface area contributed by atoms with E-state index in [1.54, 1.807) is 33.0 Å². The molecule has 4 aromatic rings. The third-order valence-corrected chi connectivity index (χ3v) is 5.52. The number of rotatable bonds is 5. The molecule has 1 aliphatic rings. The van der Waals surface area contributed by atoms with Crippen LogP contribution in [0.1, 0.15) is 18.0 Å². The van der Waals surface area contributed by atoms with E-state index < -0.39 is 12.3 Å². The molecular formula is C21H15F2N5O2S. The fraction of sp³-hybridized carbons (Fsp3) is 0.143. The van der Waals surface area contributed by atoms with E-state index in [1.807, 2.05) is 41.8 Å². The number of hydrogen-bond acceptors (Lipinski definition) is 6. The molecule has 0 N–H and O–H groups in total. The van der Waals surface area contributed by atoms with Gasteiger partial charge in [-0.2, -0.15) is 8.78 Å². The molecule has 0 bridgehead atoms. The summed E-state index contributed by atoms with van der Waals surface area (Å²) in [6.07, 6.45) is 2.59. The maximum Gasteiger partial charge on any atom is 0.334 e. The minimum atomic E-state index is -2.83. The van der Waals surface area contributed by atoms with Crippen LogP contribution in [0.5, 0.6) is 0 Å². The van der Waals surface area contributed by atoms with Gasteiger partial charge >= 0.3 is 12.1 Å². The van der Waals surface area contributed by atoms with Gasteiger partial charge in [0.25, 0.3) is 5.89 Å². The molecule has 0 saturated heterocycles. The zero-order valence-electron chi connectivity index (χ0n) is 16.0. The Morgan fingerprint density at radius 2 is 1.97 bits per heavy atom. The molecule has 156 valence electrons. The van der Waals surface area contributed by atoms with Crippen molar-refractivity contribution < 1.29 is 13.2 Å². The molecule has 0 spiro atoms. The SMILES string of the molecule is O=c1n(Cc2ccc(-c3nnc(C(F)F)o3)cn2)c2ccccc2n1C1=CCSC=C1. The molecule has 0 radical (unpaired) electrons. The third kappa shape index (κ3) is 3.59. The van der Waals surface area contributed by atoms with Gasteiger partial charge in [-0.25, -0.2) is 4.79 Å². The first-order valence-corrected chi connectivity index (χ1v) is 10.4. The number of fused-ring (bicyclic) bond motifs is 1. The smallest absolute Gasteiger partial charge is 0.334 e. The van der Waals surface area contributed by atoms with E-state index in [0.29, 0.717) is 11.3 Å². The first-order chi connectivity index (χ1) is 15.1. The van der Waals surface area contributed by atoms with E-state index in [4.69, 9.17) is 4.42 Å². The minimum absolute atomic E-state index is 0.0305. The molecule has 10 heteroatoms. The molecule has 31 heavy (non-hydrogen) atoms. The number of alkyl halides is 2. The standard InChI is InChI=1S/C21H15F2N5O2S/c22-18(23)20-26-25-19(30-20)13-5-6-14(24-11-13)12-27-16-3-1-2-4-17(16)28(21(27)29)15-7-9-31-10-8-15/h1-9,11,18H,10,12H2. The topological polar surface area (TPSA) is 78.7 Å². The maximum atomic E-state index is 13.3. The van der Waals surface area contributed by atoms with Crippen LogP contribution >= 0.6 is 11.8 Å². The molecule has 0 fully saturated rings. The molecule has 1 aliphatic heterocycles. The summed E-state index contributed by atoms with van der Waals surface area (Å²) in [4.78, 5) is 17.6. The molecule has 0 saturated carbocycles. The Balaban J connectivity index is 1.49. The van der Waals surface area contributed by atoms with Gasteiger partial charge in [-0.3, -0.25) is 14.1 Å². The molecule has 4 heterocycles. The first-order valence-electron chi connectivity index (χ1n) is 9.37. The predicted molar refractivity (Wildman–Crippen MR) is 114 cm³/mol. The Bertz CT molecular complexity index is 1370. The second kappa shape index (κ2) is 7.95. The van der Waals surface area contributed by atoms with Crippen LogP contribution < -0.4 is 5.69 Å². The van der Waals surface area contributed by atoms with Crippen molar-refractivity contribution in [3.63, 3.8) is 0 Å². The average molecular weight is 439 g/mol. The number of pyridine rings is 1. The number of imidazole rings is 1. The van der Waals surface area contributed by atoms with Crippen molar-refractivity contribution in [3.05, 3.63) is 82.2 Å². The zero-order valence-corrected chi connectivity index (χ0v) is 16.8. The molecule has 0 atom stereocenters. The molecule has 7 nitrogen and oxygen atoms in total. The summed E-state index contributed by atoms with van der Waals surface area (Å²) in [6.45, 7) is 0.254. The van der Waals surface area contributed by atoms with Crippen LogP contribution in [0.3, 0.4) is 0 Å². The monoisotopic (exact) mass is 439 g/mol. The first kappa shape index (κ1) is 19.4. The second-order valence-electron chi connectivity index (χ2n) is 6.74. The van der Waals surface area contributed by atoms with Crippen molar-refractivity contribution in [3.8, 4) is 11.5 Å². The Morgan fingerprint density at radius 1 is 1.13 bits per heavy atom. The fourth-order valence-corrected chi connectivity index (χ4v) is 4.01. The number of thioether (sulfide) groups is 1. The minimum Gasteiger partial charge on any atom is -0.415 e. The highest BCUT2D eigenvalue weighted by Crippen LogP contribution is 2.24. The zero-order chi connectivity index (χ0) is 21.4. The lowest BCUT2D eigenvalue weighted by atomic mass is 10.2. The molecule has 0 unspecified atom stereocenters. The van der Waals surface area contributed by atoms with Gasteiger partial charge in [0.05, 0.1) is 28.8 Å². The third-order valence-electron chi connectivity index (χ3n) is 4.84. The lowest BCUT2D eigenvalue weighted by Crippen LogP contribution is -2.24. The van der Waals surface area contributed by atoms with Crippen molar-refractivity contribution >= 4 is 28.5 Å². The van der Waals surface area contributed by atoms with Gasteiger partial charge in [0, 0.05) is 17.6 Å². The number of aromatic nitrogens is 5. The van der Waals surface area contributed by atoms with Crippen LogP contribution in [0, 0.1) is 0 Å². The van der Waals surface area contributed by atoms with E-state index >= 15 is 0 Å². The Labute approximate surface area is 178 Å². The van der Waals surface area contributed by atoms with Crippen LogP contribution in [0.4, 0.5) is 8.78 Å². The van der Waals surface area contributed by atoms with Crippen molar-refractivity contribution in [1.29, 1.82) is 0 Å². The Morgan fingerprint density at radius 3 is 2.65 bits per heavy atom. The van der Waals surface area contributed by atoms with Crippen LogP contribution in [-0.2, 0) is 6.54 Å². The summed E-state index contributed by atoms with van der Waals surface area (Å²) in [6, 6.07) is 10.9. The van der Waals surface area contributed by atoms with Gasteiger partial charge in [-0.1, -0.05) is 12.1 Å². The van der Waals surface area contributed by atoms with Gasteiger partial charge in [0.2, 0.25) is 5.89 Å². The highest BCUT2D eigenvalue weighted by Gasteiger charge is 2.18. The lowest BCUT2D eigenvalue weighted by Gasteiger charge is -2.07. The fourth-order valence-electron chi connectivity index (χ4n) is 3.40. The molecular weight excluding hydrogens is 424 g/mol. The van der Waals surface area contributed by atoms with Crippen LogP contribution in [-0.4, -0.2) is 30.1 Å². The number of para-hydroxylation sites is 2. The summed E-state index contributed by atoms with van der Waals surface area (Å²) < 4.78 is 33.6. The number of halogens is 2. The van der Waals surface area contributed by atoms with E-state index in [2.05, 4.69) is 15.2 Å². The summed E-state index contributed by atoms with van der Waals surface area (Å²) in [5, 5.41) is 8.92. The van der Waals surface area contributed by atoms with Gasteiger partial charge in [0.1, 0.15) is 0 Å². The van der Waals surface area contributed by atoms with Crippen molar-refractivity contribution in [1.82, 2.24) is 24.3 Å². The number of allylic oxidation sites excluding steroid dienone is 2.